The Balaban J connectivity index is 1.66. The molecular weight excluding hydrogens is 462 g/mol. The molecule has 0 aliphatic carbocycles. The zero-order valence-corrected chi connectivity index (χ0v) is 20.1. The standard InChI is InChI=1S/C23H25N3O5S2/c1-16-6-11-19-20(14-16)32-23(26(19)15-21(27)31-2)24-22(28)17-7-9-18(10-8-17)33(29,30)25-12-4-3-5-13-25/h6-11,14H,3-5,12-13,15H2,1-2H3. The molecule has 33 heavy (non-hydrogen) atoms. The van der Waals surface area contributed by atoms with E-state index in [2.05, 4.69) is 4.99 Å². The molecule has 174 valence electrons. The first-order valence-corrected chi connectivity index (χ1v) is 12.9. The number of fused-ring (bicyclic) bond motifs is 1. The summed E-state index contributed by atoms with van der Waals surface area (Å²) >= 11 is 1.30. The number of hydrogen-bond acceptors (Lipinski definition) is 6. The molecule has 0 N–H and O–H groups in total. The van der Waals surface area contributed by atoms with Gasteiger partial charge < -0.3 is 9.30 Å². The zero-order chi connectivity index (χ0) is 23.6. The minimum Gasteiger partial charge on any atom is -0.468 e. The molecule has 1 aromatic heterocycles. The SMILES string of the molecule is COC(=O)Cn1c(=NC(=O)c2ccc(S(=O)(=O)N3CCCCC3)cc2)sc2cc(C)ccc21. The summed E-state index contributed by atoms with van der Waals surface area (Å²) in [6.07, 6.45) is 2.75. The molecule has 0 bridgehead atoms. The van der Waals surface area contributed by atoms with Gasteiger partial charge in [0.25, 0.3) is 5.91 Å². The molecule has 1 saturated heterocycles. The van der Waals surface area contributed by atoms with Crippen LogP contribution in [0.1, 0.15) is 35.2 Å². The summed E-state index contributed by atoms with van der Waals surface area (Å²) in [6.45, 7) is 2.93. The molecule has 10 heteroatoms. The number of sulfonamides is 1. The van der Waals surface area contributed by atoms with Crippen molar-refractivity contribution in [1.82, 2.24) is 8.87 Å². The smallest absolute Gasteiger partial charge is 0.325 e. The molecule has 1 amide bonds. The van der Waals surface area contributed by atoms with Crippen molar-refractivity contribution in [2.75, 3.05) is 20.2 Å². The number of benzene rings is 2. The highest BCUT2D eigenvalue weighted by atomic mass is 32.2. The van der Waals surface area contributed by atoms with Crippen LogP contribution in [0.3, 0.4) is 0 Å². The van der Waals surface area contributed by atoms with E-state index in [1.807, 2.05) is 25.1 Å². The fourth-order valence-corrected chi connectivity index (χ4v) is 6.43. The molecule has 4 rings (SSSR count). The minimum absolute atomic E-state index is 0.0707. The average molecular weight is 488 g/mol. The molecular formula is C23H25N3O5S2. The van der Waals surface area contributed by atoms with Crippen LogP contribution < -0.4 is 4.80 Å². The number of amides is 1. The van der Waals surface area contributed by atoms with Gasteiger partial charge in [-0.05, 0) is 61.7 Å². The second kappa shape index (κ2) is 9.58. The lowest BCUT2D eigenvalue weighted by atomic mass is 10.2. The van der Waals surface area contributed by atoms with E-state index in [1.165, 1.54) is 47.0 Å². The fourth-order valence-electron chi connectivity index (χ4n) is 3.79. The monoisotopic (exact) mass is 487 g/mol. The summed E-state index contributed by atoms with van der Waals surface area (Å²) in [4.78, 5) is 29.6. The third-order valence-electron chi connectivity index (χ3n) is 5.60. The second-order valence-electron chi connectivity index (χ2n) is 7.92. The van der Waals surface area contributed by atoms with Gasteiger partial charge in [0.15, 0.2) is 4.80 Å². The summed E-state index contributed by atoms with van der Waals surface area (Å²) in [5, 5.41) is 0. The van der Waals surface area contributed by atoms with Crippen molar-refractivity contribution in [2.45, 2.75) is 37.6 Å². The maximum absolute atomic E-state index is 12.9. The number of thiazole rings is 1. The van der Waals surface area contributed by atoms with Crippen LogP contribution in [-0.4, -0.2) is 49.4 Å². The lowest BCUT2D eigenvalue weighted by Crippen LogP contribution is -2.35. The Hall–Kier alpha value is -2.82. The van der Waals surface area contributed by atoms with Gasteiger partial charge in [-0.2, -0.15) is 9.30 Å². The normalized spacial score (nSPS) is 15.6. The highest BCUT2D eigenvalue weighted by molar-refractivity contribution is 7.89. The number of piperidine rings is 1. The van der Waals surface area contributed by atoms with E-state index in [-0.39, 0.29) is 17.0 Å². The number of aryl methyl sites for hydroxylation is 1. The molecule has 0 radical (unpaired) electrons. The van der Waals surface area contributed by atoms with Gasteiger partial charge in [-0.15, -0.1) is 0 Å². The second-order valence-corrected chi connectivity index (χ2v) is 10.9. The van der Waals surface area contributed by atoms with E-state index < -0.39 is 21.9 Å². The van der Waals surface area contributed by atoms with E-state index in [1.54, 1.807) is 4.57 Å². The van der Waals surface area contributed by atoms with Crippen LogP contribution >= 0.6 is 11.3 Å². The number of aromatic nitrogens is 1. The Bertz CT molecular complexity index is 1370. The van der Waals surface area contributed by atoms with E-state index in [0.717, 1.165) is 35.0 Å². The number of esters is 1. The summed E-state index contributed by atoms with van der Waals surface area (Å²) in [6, 6.07) is 11.6. The first kappa shape index (κ1) is 23.3. The Kier molecular flexibility index (Phi) is 6.78. The molecule has 0 unspecified atom stereocenters. The van der Waals surface area contributed by atoms with Crippen molar-refractivity contribution in [3.63, 3.8) is 0 Å². The number of ether oxygens (including phenoxy) is 1. The first-order valence-electron chi connectivity index (χ1n) is 10.7. The molecule has 2 heterocycles. The Morgan fingerprint density at radius 3 is 2.42 bits per heavy atom. The van der Waals surface area contributed by atoms with Gasteiger partial charge in [-0.25, -0.2) is 8.42 Å². The van der Waals surface area contributed by atoms with Gasteiger partial charge in [-0.3, -0.25) is 9.59 Å². The largest absolute Gasteiger partial charge is 0.468 e. The van der Waals surface area contributed by atoms with Gasteiger partial charge in [0.1, 0.15) is 6.54 Å². The van der Waals surface area contributed by atoms with Crippen molar-refractivity contribution >= 4 is 43.5 Å². The lowest BCUT2D eigenvalue weighted by molar-refractivity contribution is -0.141. The van der Waals surface area contributed by atoms with E-state index in [0.29, 0.717) is 17.9 Å². The predicted molar refractivity (Wildman–Crippen MR) is 126 cm³/mol. The van der Waals surface area contributed by atoms with Gasteiger partial charge in [0.05, 0.1) is 22.2 Å². The molecule has 3 aromatic rings. The fraction of sp³-hybridized carbons (Fsp3) is 0.348. The molecule has 8 nitrogen and oxygen atoms in total. The van der Waals surface area contributed by atoms with Crippen LogP contribution in [0, 0.1) is 6.92 Å². The molecule has 1 aliphatic heterocycles. The number of methoxy groups -OCH3 is 1. The number of carbonyl (C=O) groups is 2. The van der Waals surface area contributed by atoms with Crippen molar-refractivity contribution < 1.29 is 22.7 Å². The predicted octanol–water partition coefficient (Wildman–Crippen LogP) is 3.10. The van der Waals surface area contributed by atoms with Gasteiger partial charge >= 0.3 is 5.97 Å². The maximum atomic E-state index is 12.9. The van der Waals surface area contributed by atoms with Crippen LogP contribution in [0.2, 0.25) is 0 Å². The molecule has 0 saturated carbocycles. The first-order chi connectivity index (χ1) is 15.8. The van der Waals surface area contributed by atoms with Crippen molar-refractivity contribution in [1.29, 1.82) is 0 Å². The number of carbonyl (C=O) groups excluding carboxylic acids is 2. The van der Waals surface area contributed by atoms with Gasteiger partial charge in [0.2, 0.25) is 10.0 Å². The lowest BCUT2D eigenvalue weighted by Gasteiger charge is -2.25. The Labute approximate surface area is 196 Å². The third-order valence-corrected chi connectivity index (χ3v) is 8.56. The van der Waals surface area contributed by atoms with Crippen LogP contribution in [0.5, 0.6) is 0 Å². The quantitative estimate of drug-likeness (QED) is 0.515. The molecule has 0 atom stereocenters. The number of hydrogen-bond donors (Lipinski definition) is 0. The van der Waals surface area contributed by atoms with Crippen molar-refractivity contribution in [3.05, 3.63) is 58.4 Å². The number of nitrogens with zero attached hydrogens (tertiary/aromatic N) is 3. The molecule has 1 aliphatic rings. The van der Waals surface area contributed by atoms with Crippen LogP contribution in [0.4, 0.5) is 0 Å². The zero-order valence-electron chi connectivity index (χ0n) is 18.5. The molecule has 2 aromatic carbocycles. The average Bonchev–Trinajstić information content (AvgIpc) is 3.15. The van der Waals surface area contributed by atoms with E-state index in [4.69, 9.17) is 4.74 Å². The van der Waals surface area contributed by atoms with E-state index >= 15 is 0 Å². The van der Waals surface area contributed by atoms with Crippen LogP contribution in [0.25, 0.3) is 10.2 Å². The van der Waals surface area contributed by atoms with Gasteiger partial charge in [0, 0.05) is 18.7 Å². The van der Waals surface area contributed by atoms with E-state index in [9.17, 15) is 18.0 Å². The minimum atomic E-state index is -3.57. The highest BCUT2D eigenvalue weighted by Crippen LogP contribution is 2.22. The van der Waals surface area contributed by atoms with Crippen molar-refractivity contribution in [2.24, 2.45) is 4.99 Å². The summed E-state index contributed by atoms with van der Waals surface area (Å²) in [5.74, 6) is -0.963. The third kappa shape index (κ3) is 4.92. The summed E-state index contributed by atoms with van der Waals surface area (Å²) in [7, 11) is -2.26. The Morgan fingerprint density at radius 1 is 1.06 bits per heavy atom. The van der Waals surface area contributed by atoms with Crippen LogP contribution in [0.15, 0.2) is 52.4 Å². The highest BCUT2D eigenvalue weighted by Gasteiger charge is 2.26. The topological polar surface area (TPSA) is 98.0 Å². The Morgan fingerprint density at radius 2 is 1.76 bits per heavy atom. The summed E-state index contributed by atoms with van der Waals surface area (Å²) in [5.41, 5.74) is 2.11. The maximum Gasteiger partial charge on any atom is 0.325 e. The van der Waals surface area contributed by atoms with Crippen molar-refractivity contribution in [3.8, 4) is 0 Å². The summed E-state index contributed by atoms with van der Waals surface area (Å²) < 4.78 is 34.5. The number of rotatable bonds is 5. The molecule has 1 fully saturated rings. The van der Waals surface area contributed by atoms with Gasteiger partial charge in [-0.1, -0.05) is 23.8 Å². The molecule has 0 spiro atoms. The van der Waals surface area contributed by atoms with Crippen LogP contribution in [-0.2, 0) is 26.1 Å².